The summed E-state index contributed by atoms with van der Waals surface area (Å²) in [5.74, 6) is -0.250. The second-order valence-electron chi connectivity index (χ2n) is 4.10. The summed E-state index contributed by atoms with van der Waals surface area (Å²) in [5, 5.41) is 0. The van der Waals surface area contributed by atoms with Crippen LogP contribution in [0.4, 0.5) is 0 Å². The van der Waals surface area contributed by atoms with E-state index in [1.54, 1.807) is 6.92 Å². The Bertz CT molecular complexity index is 284. The lowest BCUT2D eigenvalue weighted by atomic mass is 9.95. The number of unbranched alkanes of at least 4 members (excludes halogenated alkanes) is 1. The van der Waals surface area contributed by atoms with Crippen molar-refractivity contribution >= 4 is 13.4 Å². The minimum absolute atomic E-state index is 0.250. The molecule has 6 heteroatoms. The lowest BCUT2D eigenvalue weighted by molar-refractivity contribution is -0.137. The van der Waals surface area contributed by atoms with Crippen LogP contribution in [-0.2, 0) is 23.1 Å². The summed E-state index contributed by atoms with van der Waals surface area (Å²) in [4.78, 5) is 12.1. The summed E-state index contributed by atoms with van der Waals surface area (Å²) in [7, 11) is 0.719. The van der Waals surface area contributed by atoms with Gasteiger partial charge in [-0.1, -0.05) is 19.8 Å². The Morgan fingerprint density at radius 3 is 2.12 bits per heavy atom. The molecule has 102 valence electrons. The van der Waals surface area contributed by atoms with Crippen LogP contribution >= 0.6 is 7.60 Å². The smallest absolute Gasteiger partial charge is 0.337 e. The molecular formula is C11H23O5P. The molecule has 0 aliphatic heterocycles. The molecule has 0 rings (SSSR count). The number of rotatable bonds is 9. The van der Waals surface area contributed by atoms with Crippen molar-refractivity contribution in [1.82, 2.24) is 0 Å². The first-order chi connectivity index (χ1) is 7.87. The van der Waals surface area contributed by atoms with Crippen molar-refractivity contribution in [2.45, 2.75) is 38.7 Å². The SMILES string of the molecule is CCCC[C@@](C)(OC)C(=O)CP(=O)(OC)OC. The number of Topliss-reactive ketones (excluding diaryl/α,β-unsaturated/α-hetero) is 1. The van der Waals surface area contributed by atoms with E-state index in [1.165, 1.54) is 21.3 Å². The Morgan fingerprint density at radius 2 is 1.76 bits per heavy atom. The molecule has 0 spiro atoms. The largest absolute Gasteiger partial charge is 0.371 e. The number of ether oxygens (including phenoxy) is 1. The van der Waals surface area contributed by atoms with Crippen LogP contribution in [0, 0.1) is 0 Å². The van der Waals surface area contributed by atoms with Crippen LogP contribution in [0.2, 0.25) is 0 Å². The molecule has 0 saturated carbocycles. The van der Waals surface area contributed by atoms with Gasteiger partial charge in [0.15, 0.2) is 5.78 Å². The van der Waals surface area contributed by atoms with E-state index >= 15 is 0 Å². The molecule has 1 atom stereocenters. The number of hydrogen-bond acceptors (Lipinski definition) is 5. The van der Waals surface area contributed by atoms with Gasteiger partial charge in [-0.2, -0.15) is 0 Å². The first-order valence-electron chi connectivity index (χ1n) is 5.66. The molecule has 0 N–H and O–H groups in total. The lowest BCUT2D eigenvalue weighted by Gasteiger charge is -2.27. The molecule has 0 radical (unpaired) electrons. The van der Waals surface area contributed by atoms with Gasteiger partial charge in [-0.3, -0.25) is 9.36 Å². The topological polar surface area (TPSA) is 61.8 Å². The first-order valence-corrected chi connectivity index (χ1v) is 7.39. The summed E-state index contributed by atoms with van der Waals surface area (Å²) >= 11 is 0. The Hall–Kier alpha value is -0.220. The minimum atomic E-state index is -3.31. The fourth-order valence-corrected chi connectivity index (χ4v) is 2.51. The Morgan fingerprint density at radius 1 is 1.24 bits per heavy atom. The van der Waals surface area contributed by atoms with Gasteiger partial charge in [0, 0.05) is 21.3 Å². The van der Waals surface area contributed by atoms with Gasteiger partial charge in [-0.05, 0) is 13.3 Å². The average molecular weight is 266 g/mol. The molecule has 0 aliphatic rings. The monoisotopic (exact) mass is 266 g/mol. The zero-order valence-corrected chi connectivity index (χ0v) is 12.2. The van der Waals surface area contributed by atoms with Crippen LogP contribution < -0.4 is 0 Å². The molecule has 0 aromatic heterocycles. The average Bonchev–Trinajstić information content (AvgIpc) is 2.35. The van der Waals surface area contributed by atoms with E-state index < -0.39 is 13.2 Å². The number of ketones is 1. The van der Waals surface area contributed by atoms with Crippen LogP contribution in [0.25, 0.3) is 0 Å². The summed E-state index contributed by atoms with van der Waals surface area (Å²) in [6.45, 7) is 3.75. The van der Waals surface area contributed by atoms with Gasteiger partial charge in [0.1, 0.15) is 11.8 Å². The Kier molecular flexibility index (Phi) is 7.17. The predicted molar refractivity (Wildman–Crippen MR) is 66.4 cm³/mol. The molecule has 0 saturated heterocycles. The quantitative estimate of drug-likeness (QED) is 0.600. The molecule has 0 aromatic carbocycles. The van der Waals surface area contributed by atoms with Gasteiger partial charge in [-0.25, -0.2) is 0 Å². The van der Waals surface area contributed by atoms with E-state index in [-0.39, 0.29) is 11.9 Å². The molecule has 17 heavy (non-hydrogen) atoms. The van der Waals surface area contributed by atoms with Crippen molar-refractivity contribution in [3.05, 3.63) is 0 Å². The highest BCUT2D eigenvalue weighted by Gasteiger charge is 2.37. The van der Waals surface area contributed by atoms with Crippen molar-refractivity contribution in [2.75, 3.05) is 27.5 Å². The fraction of sp³-hybridized carbons (Fsp3) is 0.909. The number of hydrogen-bond donors (Lipinski definition) is 0. The van der Waals surface area contributed by atoms with E-state index in [2.05, 4.69) is 0 Å². The van der Waals surface area contributed by atoms with Gasteiger partial charge in [0.05, 0.1) is 0 Å². The maximum absolute atomic E-state index is 12.1. The third-order valence-corrected chi connectivity index (χ3v) is 4.73. The van der Waals surface area contributed by atoms with Crippen LogP contribution in [0.15, 0.2) is 0 Å². The zero-order valence-electron chi connectivity index (χ0n) is 11.3. The van der Waals surface area contributed by atoms with Crippen molar-refractivity contribution < 1.29 is 23.1 Å². The van der Waals surface area contributed by atoms with Crippen molar-refractivity contribution in [3.8, 4) is 0 Å². The molecule has 0 amide bonds. The predicted octanol–water partition coefficient (Wildman–Crippen LogP) is 2.64. The third-order valence-electron chi connectivity index (χ3n) is 2.94. The Balaban J connectivity index is 4.70. The van der Waals surface area contributed by atoms with Crippen LogP contribution in [0.5, 0.6) is 0 Å². The second-order valence-corrected chi connectivity index (χ2v) is 6.36. The lowest BCUT2D eigenvalue weighted by Crippen LogP contribution is -2.39. The third kappa shape index (κ3) is 4.88. The highest BCUT2D eigenvalue weighted by Crippen LogP contribution is 2.47. The van der Waals surface area contributed by atoms with Crippen molar-refractivity contribution in [1.29, 1.82) is 0 Å². The molecular weight excluding hydrogens is 243 g/mol. The summed E-state index contributed by atoms with van der Waals surface area (Å²) in [6, 6.07) is 0. The van der Waals surface area contributed by atoms with Crippen LogP contribution in [-0.4, -0.2) is 38.9 Å². The van der Waals surface area contributed by atoms with Gasteiger partial charge in [0.2, 0.25) is 0 Å². The first kappa shape index (κ1) is 16.8. The maximum atomic E-state index is 12.1. The second kappa shape index (κ2) is 7.27. The van der Waals surface area contributed by atoms with Crippen LogP contribution in [0.3, 0.4) is 0 Å². The normalized spacial score (nSPS) is 15.6. The summed E-state index contributed by atoms with van der Waals surface area (Å²) < 4.78 is 26.6. The van der Waals surface area contributed by atoms with Gasteiger partial charge in [-0.15, -0.1) is 0 Å². The molecule has 0 aliphatic carbocycles. The van der Waals surface area contributed by atoms with Crippen molar-refractivity contribution in [3.63, 3.8) is 0 Å². The van der Waals surface area contributed by atoms with Crippen LogP contribution in [0.1, 0.15) is 33.1 Å². The molecule has 5 nitrogen and oxygen atoms in total. The summed E-state index contributed by atoms with van der Waals surface area (Å²) in [5.41, 5.74) is -0.914. The van der Waals surface area contributed by atoms with E-state index in [1.807, 2.05) is 6.92 Å². The summed E-state index contributed by atoms with van der Waals surface area (Å²) in [6.07, 6.45) is 2.19. The molecule has 0 aromatic rings. The van der Waals surface area contributed by atoms with E-state index in [9.17, 15) is 9.36 Å². The number of methoxy groups -OCH3 is 1. The van der Waals surface area contributed by atoms with Gasteiger partial charge in [0.25, 0.3) is 0 Å². The number of carbonyl (C=O) groups excluding carboxylic acids is 1. The van der Waals surface area contributed by atoms with Crippen molar-refractivity contribution in [2.24, 2.45) is 0 Å². The molecule has 0 fully saturated rings. The number of carbonyl (C=O) groups is 1. The van der Waals surface area contributed by atoms with E-state index in [4.69, 9.17) is 13.8 Å². The fourth-order valence-electron chi connectivity index (χ4n) is 1.42. The molecule has 0 heterocycles. The molecule has 0 unspecified atom stereocenters. The van der Waals surface area contributed by atoms with E-state index in [0.29, 0.717) is 6.42 Å². The van der Waals surface area contributed by atoms with Gasteiger partial charge >= 0.3 is 7.60 Å². The zero-order chi connectivity index (χ0) is 13.5. The highest BCUT2D eigenvalue weighted by atomic mass is 31.2. The maximum Gasteiger partial charge on any atom is 0.337 e. The highest BCUT2D eigenvalue weighted by molar-refractivity contribution is 7.54. The van der Waals surface area contributed by atoms with E-state index in [0.717, 1.165) is 12.8 Å². The van der Waals surface area contributed by atoms with Gasteiger partial charge < -0.3 is 13.8 Å². The molecule has 0 bridgehead atoms. The Labute approximate surface area is 103 Å². The minimum Gasteiger partial charge on any atom is -0.371 e. The standard InChI is InChI=1S/C11H23O5P/c1-6-7-8-11(2,14-3)10(12)9-17(13,15-4)16-5/h6-9H2,1-5H3/t11-/m1/s1.